The molecule has 0 spiro atoms. The maximum Gasteiger partial charge on any atom is 0.136 e. The minimum absolute atomic E-state index is 0.168. The van der Waals surface area contributed by atoms with Crippen molar-refractivity contribution >= 4 is 27.3 Å². The Morgan fingerprint density at radius 1 is 1.32 bits per heavy atom. The molecular weight excluding hydrogens is 405 g/mol. The third-order valence-electron chi connectivity index (χ3n) is 3.80. The molecule has 0 aliphatic heterocycles. The van der Waals surface area contributed by atoms with Crippen molar-refractivity contribution in [3.05, 3.63) is 46.4 Å². The molecule has 1 aromatic carbocycles. The molecule has 0 bridgehead atoms. The number of nitrogens with one attached hydrogen (secondary N) is 1. The molecule has 2 rings (SSSR count). The van der Waals surface area contributed by atoms with Crippen LogP contribution in [0.15, 0.2) is 34.9 Å². The molecule has 0 amide bonds. The molecule has 25 heavy (non-hydrogen) atoms. The van der Waals surface area contributed by atoms with E-state index in [0.29, 0.717) is 0 Å². The lowest BCUT2D eigenvalue weighted by atomic mass is 10.1. The summed E-state index contributed by atoms with van der Waals surface area (Å²) < 4.78 is 30.9. The van der Waals surface area contributed by atoms with Gasteiger partial charge in [0.15, 0.2) is 0 Å². The molecule has 138 valence electrons. The van der Waals surface area contributed by atoms with E-state index >= 15 is 0 Å². The van der Waals surface area contributed by atoms with Gasteiger partial charge in [0.25, 0.3) is 0 Å². The van der Waals surface area contributed by atoms with Crippen LogP contribution in [0.2, 0.25) is 0 Å². The van der Waals surface area contributed by atoms with Crippen LogP contribution in [-0.4, -0.2) is 25.1 Å². The number of hydrogen-bond donors (Lipinski definition) is 1. The van der Waals surface area contributed by atoms with E-state index in [1.54, 1.807) is 18.3 Å². The van der Waals surface area contributed by atoms with Crippen molar-refractivity contribution in [1.29, 1.82) is 0 Å². The summed E-state index contributed by atoms with van der Waals surface area (Å²) in [7, 11) is 0. The highest BCUT2D eigenvalue weighted by Crippen LogP contribution is 2.23. The molecule has 0 fully saturated rings. The maximum atomic E-state index is 13.1. The van der Waals surface area contributed by atoms with Gasteiger partial charge < -0.3 is 4.55 Å². The summed E-state index contributed by atoms with van der Waals surface area (Å²) in [4.78, 5) is 0. The van der Waals surface area contributed by atoms with Gasteiger partial charge >= 0.3 is 0 Å². The van der Waals surface area contributed by atoms with Gasteiger partial charge in [-0.25, -0.2) is 9.07 Å². The Hall–Kier alpha value is -0.890. The van der Waals surface area contributed by atoms with Gasteiger partial charge in [-0.15, -0.1) is 4.72 Å². The monoisotopic (exact) mass is 429 g/mol. The molecule has 2 atom stereocenters. The van der Waals surface area contributed by atoms with E-state index in [9.17, 15) is 8.94 Å². The highest BCUT2D eigenvalue weighted by Gasteiger charge is 2.27. The van der Waals surface area contributed by atoms with Crippen LogP contribution >= 0.6 is 15.9 Å². The van der Waals surface area contributed by atoms with Crippen LogP contribution in [0, 0.1) is 5.82 Å². The zero-order chi connectivity index (χ0) is 18.6. The molecule has 0 saturated heterocycles. The van der Waals surface area contributed by atoms with Gasteiger partial charge in [0.2, 0.25) is 0 Å². The van der Waals surface area contributed by atoms with Crippen LogP contribution in [-0.2, 0) is 17.8 Å². The van der Waals surface area contributed by atoms with Crippen LogP contribution < -0.4 is 4.72 Å². The normalized spacial score (nSPS) is 14.5. The molecule has 0 saturated carbocycles. The molecule has 0 aliphatic carbocycles. The fraction of sp³-hybridized carbons (Fsp3) is 0.500. The highest BCUT2D eigenvalue weighted by molar-refractivity contribution is 9.10. The predicted octanol–water partition coefficient (Wildman–Crippen LogP) is 4.54. The third-order valence-corrected chi connectivity index (χ3v) is 6.20. The zero-order valence-corrected chi connectivity index (χ0v) is 17.5. The summed E-state index contributed by atoms with van der Waals surface area (Å²) in [6.07, 6.45) is 4.42. The minimum atomic E-state index is -1.06. The van der Waals surface area contributed by atoms with Crippen LogP contribution in [0.25, 0.3) is 5.69 Å². The average molecular weight is 430 g/mol. The maximum absolute atomic E-state index is 13.1. The number of rotatable bonds is 7. The Morgan fingerprint density at radius 2 is 1.96 bits per heavy atom. The number of hydrogen-bond acceptors (Lipinski definition) is 3. The zero-order valence-electron chi connectivity index (χ0n) is 15.1. The first-order valence-electron chi connectivity index (χ1n) is 8.35. The van der Waals surface area contributed by atoms with Crippen LogP contribution in [0.1, 0.15) is 46.2 Å². The number of aromatic nitrogens is 2. The molecule has 0 aliphatic rings. The summed E-state index contributed by atoms with van der Waals surface area (Å²) in [6, 6.07) is 6.47. The molecule has 2 aromatic rings. The Morgan fingerprint density at radius 3 is 2.56 bits per heavy atom. The van der Waals surface area contributed by atoms with E-state index in [0.717, 1.165) is 35.1 Å². The molecule has 1 N–H and O–H groups in total. The number of benzene rings is 1. The summed E-state index contributed by atoms with van der Waals surface area (Å²) in [5.41, 5.74) is 1.89. The summed E-state index contributed by atoms with van der Waals surface area (Å²) in [5.74, 6) is -0.261. The van der Waals surface area contributed by atoms with E-state index < -0.39 is 11.4 Å². The molecule has 7 heteroatoms. The van der Waals surface area contributed by atoms with E-state index in [-0.39, 0.29) is 16.6 Å². The fourth-order valence-corrected chi connectivity index (χ4v) is 3.67. The first kappa shape index (κ1) is 20.4. The first-order chi connectivity index (χ1) is 11.7. The lowest BCUT2D eigenvalue weighted by molar-refractivity contribution is 0.509. The Kier molecular flexibility index (Phi) is 7.08. The second-order valence-corrected chi connectivity index (χ2v) is 9.97. The Balaban J connectivity index is 1.95. The van der Waals surface area contributed by atoms with Crippen molar-refractivity contribution in [3.8, 4) is 5.69 Å². The molecule has 1 heterocycles. The van der Waals surface area contributed by atoms with Gasteiger partial charge in [0.1, 0.15) is 10.6 Å². The molecule has 0 radical (unpaired) electrons. The van der Waals surface area contributed by atoms with Crippen molar-refractivity contribution in [2.24, 2.45) is 0 Å². The van der Waals surface area contributed by atoms with Gasteiger partial charge in [-0.05, 0) is 87.2 Å². The van der Waals surface area contributed by atoms with E-state index in [1.165, 1.54) is 12.1 Å². The number of nitrogens with zero attached hydrogens (tertiary/aromatic N) is 2. The minimum Gasteiger partial charge on any atom is -0.598 e. The SMILES string of the molecule is C[C@H](CCCc1c(Br)cnn1-c1ccc(F)cc1)N[S+]([O-])C(C)(C)C. The second kappa shape index (κ2) is 8.66. The number of halogens is 2. The fourth-order valence-electron chi connectivity index (χ4n) is 2.38. The van der Waals surface area contributed by atoms with Crippen molar-refractivity contribution in [2.45, 2.75) is 57.7 Å². The van der Waals surface area contributed by atoms with Gasteiger partial charge in [-0.1, -0.05) is 0 Å². The third kappa shape index (κ3) is 5.81. The predicted molar refractivity (Wildman–Crippen MR) is 105 cm³/mol. The van der Waals surface area contributed by atoms with Crippen molar-refractivity contribution in [3.63, 3.8) is 0 Å². The summed E-state index contributed by atoms with van der Waals surface area (Å²) in [6.45, 7) is 7.93. The smallest absolute Gasteiger partial charge is 0.136 e. The Bertz CT molecular complexity index is 685. The lowest BCUT2D eigenvalue weighted by Gasteiger charge is -2.26. The molecule has 1 unspecified atom stereocenters. The van der Waals surface area contributed by atoms with Crippen LogP contribution in [0.4, 0.5) is 4.39 Å². The quantitative estimate of drug-likeness (QED) is 0.657. The average Bonchev–Trinajstić information content (AvgIpc) is 2.88. The van der Waals surface area contributed by atoms with E-state index in [2.05, 4.69) is 32.7 Å². The van der Waals surface area contributed by atoms with Crippen LogP contribution in [0.3, 0.4) is 0 Å². The highest BCUT2D eigenvalue weighted by atomic mass is 79.9. The lowest BCUT2D eigenvalue weighted by Crippen LogP contribution is -2.43. The summed E-state index contributed by atoms with van der Waals surface area (Å²) in [5, 5.41) is 4.38. The van der Waals surface area contributed by atoms with Gasteiger partial charge in [0.05, 0.1) is 22.1 Å². The molecular formula is C18H25BrFN3OS. The summed E-state index contributed by atoms with van der Waals surface area (Å²) >= 11 is 2.48. The van der Waals surface area contributed by atoms with Crippen molar-refractivity contribution in [1.82, 2.24) is 14.5 Å². The first-order valence-corrected chi connectivity index (χ1v) is 10.3. The van der Waals surface area contributed by atoms with Gasteiger partial charge in [0, 0.05) is 17.4 Å². The van der Waals surface area contributed by atoms with E-state index in [4.69, 9.17) is 0 Å². The van der Waals surface area contributed by atoms with Crippen LogP contribution in [0.5, 0.6) is 0 Å². The van der Waals surface area contributed by atoms with Crippen molar-refractivity contribution in [2.75, 3.05) is 0 Å². The molecule has 4 nitrogen and oxygen atoms in total. The standard InChI is InChI=1S/C18H25BrFN3OS/c1-13(22-25(24)18(2,3)4)6-5-7-17-16(19)12-21-23(17)15-10-8-14(20)9-11-15/h8-13,22H,5-7H2,1-4H3/t13-,25?/m1/s1. The molecule has 1 aromatic heterocycles. The van der Waals surface area contributed by atoms with Gasteiger partial charge in [-0.2, -0.15) is 5.10 Å². The second-order valence-electron chi connectivity index (χ2n) is 7.12. The van der Waals surface area contributed by atoms with Crippen molar-refractivity contribution < 1.29 is 8.94 Å². The topological polar surface area (TPSA) is 52.9 Å². The van der Waals surface area contributed by atoms with Gasteiger partial charge in [-0.3, -0.25) is 0 Å². The van der Waals surface area contributed by atoms with E-state index in [1.807, 2.05) is 25.5 Å². The largest absolute Gasteiger partial charge is 0.598 e. The Labute approximate surface area is 160 Å².